The SMILES string of the molecule is Cc1c(CCN)c2ccccc2n1O. The number of nitrogens with two attached hydrogens (primary N) is 1. The van der Waals surface area contributed by atoms with Gasteiger partial charge in [-0.05, 0) is 31.5 Å². The normalized spacial score (nSPS) is 11.0. The molecule has 2 aromatic rings. The van der Waals surface area contributed by atoms with Gasteiger partial charge in [-0.15, -0.1) is 0 Å². The molecule has 0 amide bonds. The third-order valence-corrected chi connectivity index (χ3v) is 2.61. The Labute approximate surface area is 82.7 Å². The molecule has 0 saturated heterocycles. The average molecular weight is 190 g/mol. The van der Waals surface area contributed by atoms with Gasteiger partial charge in [0.25, 0.3) is 0 Å². The molecule has 0 aliphatic heterocycles. The molecule has 0 aliphatic carbocycles. The Kier molecular flexibility index (Phi) is 2.17. The van der Waals surface area contributed by atoms with Crippen LogP contribution in [0.4, 0.5) is 0 Å². The highest BCUT2D eigenvalue weighted by Gasteiger charge is 2.11. The first kappa shape index (κ1) is 9.09. The quantitative estimate of drug-likeness (QED) is 0.708. The van der Waals surface area contributed by atoms with Crippen LogP contribution in [0.2, 0.25) is 0 Å². The van der Waals surface area contributed by atoms with E-state index in [1.54, 1.807) is 0 Å². The molecule has 0 spiro atoms. The van der Waals surface area contributed by atoms with E-state index in [0.717, 1.165) is 28.6 Å². The van der Waals surface area contributed by atoms with E-state index in [4.69, 9.17) is 5.73 Å². The molecule has 2 rings (SSSR count). The highest BCUT2D eigenvalue weighted by Crippen LogP contribution is 2.24. The minimum Gasteiger partial charge on any atom is -0.428 e. The summed E-state index contributed by atoms with van der Waals surface area (Å²) < 4.78 is 1.24. The number of benzene rings is 1. The predicted octanol–water partition coefficient (Wildman–Crippen LogP) is 1.69. The van der Waals surface area contributed by atoms with Gasteiger partial charge in [-0.1, -0.05) is 18.2 Å². The highest BCUT2D eigenvalue weighted by molar-refractivity contribution is 5.85. The van der Waals surface area contributed by atoms with Crippen molar-refractivity contribution in [3.63, 3.8) is 0 Å². The van der Waals surface area contributed by atoms with E-state index in [1.807, 2.05) is 31.2 Å². The Balaban J connectivity index is 2.74. The monoisotopic (exact) mass is 190 g/mol. The zero-order valence-corrected chi connectivity index (χ0v) is 8.20. The molecule has 74 valence electrons. The first-order valence-electron chi connectivity index (χ1n) is 4.74. The smallest absolute Gasteiger partial charge is 0.0871 e. The summed E-state index contributed by atoms with van der Waals surface area (Å²) >= 11 is 0. The van der Waals surface area contributed by atoms with Crippen LogP contribution in [0, 0.1) is 6.92 Å². The molecule has 14 heavy (non-hydrogen) atoms. The number of hydrogen-bond donors (Lipinski definition) is 2. The molecular weight excluding hydrogens is 176 g/mol. The zero-order valence-electron chi connectivity index (χ0n) is 8.20. The lowest BCUT2D eigenvalue weighted by Gasteiger charge is -1.98. The summed E-state index contributed by atoms with van der Waals surface area (Å²) in [5.41, 5.74) is 8.42. The third-order valence-electron chi connectivity index (χ3n) is 2.61. The summed E-state index contributed by atoms with van der Waals surface area (Å²) in [4.78, 5) is 0. The lowest BCUT2D eigenvalue weighted by molar-refractivity contribution is 0.193. The molecule has 1 heterocycles. The van der Waals surface area contributed by atoms with Gasteiger partial charge in [-0.2, -0.15) is 4.73 Å². The summed E-state index contributed by atoms with van der Waals surface area (Å²) in [5.74, 6) is 0. The number of rotatable bonds is 2. The van der Waals surface area contributed by atoms with Crippen molar-refractivity contribution < 1.29 is 5.21 Å². The Morgan fingerprint density at radius 3 is 2.79 bits per heavy atom. The van der Waals surface area contributed by atoms with E-state index in [0.29, 0.717) is 6.54 Å². The summed E-state index contributed by atoms with van der Waals surface area (Å²) in [6.07, 6.45) is 0.805. The molecule has 3 N–H and O–H groups in total. The maximum Gasteiger partial charge on any atom is 0.0871 e. The number of hydrogen-bond acceptors (Lipinski definition) is 2. The van der Waals surface area contributed by atoms with Crippen molar-refractivity contribution >= 4 is 10.9 Å². The second-order valence-corrected chi connectivity index (χ2v) is 3.43. The van der Waals surface area contributed by atoms with Crippen LogP contribution in [0.1, 0.15) is 11.3 Å². The van der Waals surface area contributed by atoms with Crippen molar-refractivity contribution in [3.05, 3.63) is 35.5 Å². The van der Waals surface area contributed by atoms with Gasteiger partial charge in [-0.3, -0.25) is 0 Å². The maximum atomic E-state index is 9.78. The Morgan fingerprint density at radius 2 is 2.07 bits per heavy atom. The first-order chi connectivity index (χ1) is 6.75. The van der Waals surface area contributed by atoms with Crippen LogP contribution in [-0.4, -0.2) is 16.5 Å². The van der Waals surface area contributed by atoms with E-state index in [1.165, 1.54) is 4.73 Å². The lowest BCUT2D eigenvalue weighted by atomic mass is 10.1. The van der Waals surface area contributed by atoms with Crippen LogP contribution in [0.25, 0.3) is 10.9 Å². The van der Waals surface area contributed by atoms with Crippen molar-refractivity contribution in [2.24, 2.45) is 5.73 Å². The molecule has 0 fully saturated rings. The van der Waals surface area contributed by atoms with E-state index < -0.39 is 0 Å². The number of nitrogens with zero attached hydrogens (tertiary/aromatic N) is 1. The van der Waals surface area contributed by atoms with Crippen molar-refractivity contribution in [1.82, 2.24) is 4.73 Å². The first-order valence-corrected chi connectivity index (χ1v) is 4.74. The second-order valence-electron chi connectivity index (χ2n) is 3.43. The van der Waals surface area contributed by atoms with E-state index in [2.05, 4.69) is 0 Å². The molecule has 1 aromatic heterocycles. The molecule has 3 nitrogen and oxygen atoms in total. The van der Waals surface area contributed by atoms with Crippen LogP contribution < -0.4 is 5.73 Å². The largest absolute Gasteiger partial charge is 0.428 e. The van der Waals surface area contributed by atoms with Gasteiger partial charge in [0, 0.05) is 5.39 Å². The van der Waals surface area contributed by atoms with Gasteiger partial charge in [-0.25, -0.2) is 0 Å². The van der Waals surface area contributed by atoms with Gasteiger partial charge in [0.1, 0.15) is 0 Å². The number of fused-ring (bicyclic) bond motifs is 1. The van der Waals surface area contributed by atoms with Crippen LogP contribution in [0.3, 0.4) is 0 Å². The average Bonchev–Trinajstić information content (AvgIpc) is 2.45. The topological polar surface area (TPSA) is 51.2 Å². The molecular formula is C11H14N2O. The summed E-state index contributed by atoms with van der Waals surface area (Å²) in [6.45, 7) is 2.51. The van der Waals surface area contributed by atoms with E-state index in [-0.39, 0.29) is 0 Å². The van der Waals surface area contributed by atoms with Crippen molar-refractivity contribution in [1.29, 1.82) is 0 Å². The van der Waals surface area contributed by atoms with Gasteiger partial charge in [0.05, 0.1) is 11.2 Å². The lowest BCUT2D eigenvalue weighted by Crippen LogP contribution is -2.04. The Hall–Kier alpha value is -1.48. The second kappa shape index (κ2) is 3.35. The molecule has 0 unspecified atom stereocenters. The summed E-state index contributed by atoms with van der Waals surface area (Å²) in [6, 6.07) is 7.81. The fourth-order valence-corrected chi connectivity index (χ4v) is 1.88. The van der Waals surface area contributed by atoms with Crippen molar-refractivity contribution in [2.75, 3.05) is 6.54 Å². The Bertz CT molecular complexity index is 460. The third kappa shape index (κ3) is 1.17. The number of para-hydroxylation sites is 1. The molecule has 0 radical (unpaired) electrons. The van der Waals surface area contributed by atoms with Crippen molar-refractivity contribution in [3.8, 4) is 0 Å². The van der Waals surface area contributed by atoms with E-state index in [9.17, 15) is 5.21 Å². The highest BCUT2D eigenvalue weighted by atomic mass is 16.5. The Morgan fingerprint density at radius 1 is 1.36 bits per heavy atom. The van der Waals surface area contributed by atoms with Crippen LogP contribution in [0.5, 0.6) is 0 Å². The predicted molar refractivity (Wildman–Crippen MR) is 56.6 cm³/mol. The summed E-state index contributed by atoms with van der Waals surface area (Å²) in [7, 11) is 0. The van der Waals surface area contributed by atoms with Gasteiger partial charge in [0.2, 0.25) is 0 Å². The van der Waals surface area contributed by atoms with Crippen molar-refractivity contribution in [2.45, 2.75) is 13.3 Å². The van der Waals surface area contributed by atoms with Gasteiger partial charge >= 0.3 is 0 Å². The standard InChI is InChI=1S/C11H14N2O/c1-8-9(6-7-12)10-4-2-3-5-11(10)13(8)14/h2-5,14H,6-7,12H2,1H3. The van der Waals surface area contributed by atoms with Gasteiger partial charge < -0.3 is 10.9 Å². The zero-order chi connectivity index (χ0) is 10.1. The van der Waals surface area contributed by atoms with Gasteiger partial charge in [0.15, 0.2) is 0 Å². The fraction of sp³-hybridized carbons (Fsp3) is 0.273. The minimum atomic E-state index is 0.606. The van der Waals surface area contributed by atoms with Crippen LogP contribution >= 0.6 is 0 Å². The number of aromatic nitrogens is 1. The molecule has 0 saturated carbocycles. The molecule has 1 aromatic carbocycles. The molecule has 0 atom stereocenters. The molecule has 3 heteroatoms. The van der Waals surface area contributed by atoms with Crippen LogP contribution in [0.15, 0.2) is 24.3 Å². The molecule has 0 aliphatic rings. The minimum absolute atomic E-state index is 0.606. The fourth-order valence-electron chi connectivity index (χ4n) is 1.88. The van der Waals surface area contributed by atoms with Crippen LogP contribution in [-0.2, 0) is 6.42 Å². The van der Waals surface area contributed by atoms with E-state index >= 15 is 0 Å². The molecule has 0 bridgehead atoms. The summed E-state index contributed by atoms with van der Waals surface area (Å²) in [5, 5.41) is 10.9. The maximum absolute atomic E-state index is 9.78.